The maximum Gasteiger partial charge on any atom is 0.225 e. The average Bonchev–Trinajstić information content (AvgIpc) is 2.68. The Morgan fingerprint density at radius 1 is 0.818 bits per heavy atom. The first kappa shape index (κ1) is 31.3. The summed E-state index contributed by atoms with van der Waals surface area (Å²) in [5.41, 5.74) is 5.26. The van der Waals surface area contributed by atoms with Crippen molar-refractivity contribution in [2.75, 3.05) is 80.8 Å². The molecule has 0 spiro atoms. The zero-order valence-electron chi connectivity index (χ0n) is 21.2. The molecular weight excluding hydrogens is 444 g/mol. The number of hydrogen-bond donors (Lipinski definition) is 3. The van der Waals surface area contributed by atoms with Crippen LogP contribution in [0.2, 0.25) is 0 Å². The summed E-state index contributed by atoms with van der Waals surface area (Å²) in [6.45, 7) is 2.93. The van der Waals surface area contributed by atoms with Crippen molar-refractivity contribution in [2.45, 2.75) is 30.9 Å². The molecule has 11 heteroatoms. The van der Waals surface area contributed by atoms with Gasteiger partial charge in [0.25, 0.3) is 0 Å². The predicted molar refractivity (Wildman–Crippen MR) is 134 cm³/mol. The Labute approximate surface area is 203 Å². The summed E-state index contributed by atoms with van der Waals surface area (Å²) >= 11 is 1.24. The van der Waals surface area contributed by atoms with E-state index in [1.54, 1.807) is 0 Å². The standard InChI is InChI=1S/C22H44N6O4S/c1-26(2)12-7-8-18(29)21(33-15-9-19(23)30)17(22(32)25-11-14-28(5)6)16-20(31)24-10-13-27(3)4/h17,21H,7-16H2,1-6H3,(H2,23,30)(H,24,31)(H,25,32). The van der Waals surface area contributed by atoms with Crippen LogP contribution in [0.3, 0.4) is 0 Å². The molecule has 0 rings (SSSR count). The molecule has 33 heavy (non-hydrogen) atoms. The number of amides is 3. The van der Waals surface area contributed by atoms with Gasteiger partial charge >= 0.3 is 0 Å². The molecule has 0 aliphatic rings. The number of nitrogens with one attached hydrogen (secondary N) is 2. The molecular formula is C22H44N6O4S. The quantitative estimate of drug-likeness (QED) is 0.216. The zero-order valence-corrected chi connectivity index (χ0v) is 22.0. The third-order valence-electron chi connectivity index (χ3n) is 4.84. The fourth-order valence-electron chi connectivity index (χ4n) is 2.99. The Hall–Kier alpha value is -1.69. The minimum atomic E-state index is -0.823. The van der Waals surface area contributed by atoms with Gasteiger partial charge in [-0.05, 0) is 55.3 Å². The van der Waals surface area contributed by atoms with Crippen LogP contribution < -0.4 is 16.4 Å². The SMILES string of the molecule is CN(C)CCCC(=O)C(SCCC(N)=O)C(CC(=O)NCCN(C)C)C(=O)NCCN(C)C. The number of hydrogen-bond acceptors (Lipinski definition) is 8. The van der Waals surface area contributed by atoms with Gasteiger partial charge in [0.1, 0.15) is 5.78 Å². The van der Waals surface area contributed by atoms with Crippen molar-refractivity contribution in [3.05, 3.63) is 0 Å². The Morgan fingerprint density at radius 2 is 1.36 bits per heavy atom. The molecule has 0 aromatic carbocycles. The lowest BCUT2D eigenvalue weighted by Crippen LogP contribution is -2.45. The normalized spacial score (nSPS) is 13.2. The molecule has 0 heterocycles. The Balaban J connectivity index is 5.48. The van der Waals surface area contributed by atoms with Crippen LogP contribution in [-0.4, -0.2) is 124 Å². The van der Waals surface area contributed by atoms with Gasteiger partial charge in [-0.3, -0.25) is 19.2 Å². The second kappa shape index (κ2) is 17.7. The number of carbonyl (C=O) groups is 4. The van der Waals surface area contributed by atoms with E-state index in [1.807, 2.05) is 57.0 Å². The number of Topliss-reactive ketones (excluding diaryl/α,β-unsaturated/α-hetero) is 1. The molecule has 192 valence electrons. The molecule has 0 bridgehead atoms. The highest BCUT2D eigenvalue weighted by molar-refractivity contribution is 8.00. The van der Waals surface area contributed by atoms with Gasteiger partial charge in [0.05, 0.1) is 11.2 Å². The van der Waals surface area contributed by atoms with Crippen LogP contribution in [0.4, 0.5) is 0 Å². The molecule has 3 amide bonds. The summed E-state index contributed by atoms with van der Waals surface area (Å²) in [5, 5.41) is 4.98. The first-order valence-electron chi connectivity index (χ1n) is 11.3. The number of nitrogens with zero attached hydrogens (tertiary/aromatic N) is 3. The lowest BCUT2D eigenvalue weighted by Gasteiger charge is -2.25. The number of rotatable bonds is 19. The van der Waals surface area contributed by atoms with Crippen molar-refractivity contribution in [1.29, 1.82) is 0 Å². The van der Waals surface area contributed by atoms with Crippen LogP contribution in [-0.2, 0) is 19.2 Å². The zero-order chi connectivity index (χ0) is 25.4. The molecule has 0 fully saturated rings. The monoisotopic (exact) mass is 488 g/mol. The van der Waals surface area contributed by atoms with E-state index in [1.165, 1.54) is 11.8 Å². The van der Waals surface area contributed by atoms with E-state index in [0.29, 0.717) is 44.8 Å². The smallest absolute Gasteiger partial charge is 0.225 e. The van der Waals surface area contributed by atoms with Gasteiger partial charge < -0.3 is 31.1 Å². The van der Waals surface area contributed by atoms with E-state index in [-0.39, 0.29) is 30.4 Å². The average molecular weight is 489 g/mol. The first-order valence-corrected chi connectivity index (χ1v) is 12.4. The maximum absolute atomic E-state index is 13.1. The highest BCUT2D eigenvalue weighted by atomic mass is 32.2. The van der Waals surface area contributed by atoms with Crippen LogP contribution in [0.5, 0.6) is 0 Å². The molecule has 2 atom stereocenters. The van der Waals surface area contributed by atoms with E-state index < -0.39 is 17.1 Å². The van der Waals surface area contributed by atoms with Gasteiger partial charge in [-0.25, -0.2) is 0 Å². The number of ketones is 1. The summed E-state index contributed by atoms with van der Waals surface area (Å²) in [5.74, 6) is -1.64. The summed E-state index contributed by atoms with van der Waals surface area (Å²) < 4.78 is 0. The number of carbonyl (C=O) groups excluding carboxylic acids is 4. The molecule has 4 N–H and O–H groups in total. The highest BCUT2D eigenvalue weighted by Crippen LogP contribution is 2.26. The second-order valence-electron chi connectivity index (χ2n) is 8.94. The lowest BCUT2D eigenvalue weighted by molar-refractivity contribution is -0.132. The van der Waals surface area contributed by atoms with Gasteiger partial charge in [0.15, 0.2) is 0 Å². The minimum absolute atomic E-state index is 0.0832. The van der Waals surface area contributed by atoms with E-state index >= 15 is 0 Å². The van der Waals surface area contributed by atoms with Crippen molar-refractivity contribution in [2.24, 2.45) is 11.7 Å². The summed E-state index contributed by atoms with van der Waals surface area (Å²) in [7, 11) is 11.5. The Morgan fingerprint density at radius 3 is 1.88 bits per heavy atom. The molecule has 0 aromatic rings. The van der Waals surface area contributed by atoms with Gasteiger partial charge in [0, 0.05) is 51.2 Å². The van der Waals surface area contributed by atoms with Crippen molar-refractivity contribution in [3.8, 4) is 0 Å². The predicted octanol–water partition coefficient (Wildman–Crippen LogP) is -0.764. The lowest BCUT2D eigenvalue weighted by atomic mass is 9.94. The van der Waals surface area contributed by atoms with Crippen LogP contribution >= 0.6 is 11.8 Å². The second-order valence-corrected chi connectivity index (χ2v) is 10.2. The Kier molecular flexibility index (Phi) is 16.8. The summed E-state index contributed by atoms with van der Waals surface area (Å²) in [6, 6.07) is 0. The molecule has 0 aliphatic heterocycles. The van der Waals surface area contributed by atoms with E-state index in [4.69, 9.17) is 5.73 Å². The first-order chi connectivity index (χ1) is 15.4. The molecule has 10 nitrogen and oxygen atoms in total. The fraction of sp³-hybridized carbons (Fsp3) is 0.818. The Bertz CT molecular complexity index is 616. The number of likely N-dealkylation sites (N-methyl/N-ethyl adjacent to an activating group) is 2. The number of primary amides is 1. The molecule has 0 saturated carbocycles. The van der Waals surface area contributed by atoms with E-state index in [2.05, 4.69) is 10.6 Å². The van der Waals surface area contributed by atoms with Crippen molar-refractivity contribution in [3.63, 3.8) is 0 Å². The van der Waals surface area contributed by atoms with Crippen LogP contribution in [0.15, 0.2) is 0 Å². The van der Waals surface area contributed by atoms with Gasteiger partial charge in [-0.2, -0.15) is 0 Å². The largest absolute Gasteiger partial charge is 0.370 e. The van der Waals surface area contributed by atoms with Crippen molar-refractivity contribution in [1.82, 2.24) is 25.3 Å². The molecule has 0 aliphatic carbocycles. The van der Waals surface area contributed by atoms with E-state index in [0.717, 1.165) is 6.54 Å². The summed E-state index contributed by atoms with van der Waals surface area (Å²) in [4.78, 5) is 55.9. The topological polar surface area (TPSA) is 128 Å². The van der Waals surface area contributed by atoms with Gasteiger partial charge in [0.2, 0.25) is 17.7 Å². The highest BCUT2D eigenvalue weighted by Gasteiger charge is 2.35. The third-order valence-corrected chi connectivity index (χ3v) is 6.23. The molecule has 2 unspecified atom stereocenters. The molecule has 0 saturated heterocycles. The third kappa shape index (κ3) is 16.6. The summed E-state index contributed by atoms with van der Waals surface area (Å²) in [6.07, 6.45) is 0.976. The van der Waals surface area contributed by atoms with Gasteiger partial charge in [-0.15, -0.1) is 11.8 Å². The van der Waals surface area contributed by atoms with Crippen molar-refractivity contribution >= 4 is 35.3 Å². The number of nitrogens with two attached hydrogens (primary N) is 1. The van der Waals surface area contributed by atoms with Crippen molar-refractivity contribution < 1.29 is 19.2 Å². The van der Waals surface area contributed by atoms with Crippen LogP contribution in [0.25, 0.3) is 0 Å². The van der Waals surface area contributed by atoms with Gasteiger partial charge in [-0.1, -0.05) is 0 Å². The fourth-order valence-corrected chi connectivity index (χ4v) is 4.32. The minimum Gasteiger partial charge on any atom is -0.370 e. The van der Waals surface area contributed by atoms with Crippen LogP contribution in [0, 0.1) is 5.92 Å². The van der Waals surface area contributed by atoms with Crippen LogP contribution in [0.1, 0.15) is 25.7 Å². The maximum atomic E-state index is 13.1. The number of thioether (sulfide) groups is 1. The van der Waals surface area contributed by atoms with E-state index in [9.17, 15) is 19.2 Å². The molecule has 0 aromatic heterocycles. The molecule has 0 radical (unpaired) electrons.